The third-order valence-electron chi connectivity index (χ3n) is 6.30. The highest BCUT2D eigenvalue weighted by atomic mass is 32.1. The Balaban J connectivity index is 0.000000765. The van der Waals surface area contributed by atoms with E-state index in [2.05, 4.69) is 20.7 Å². The zero-order valence-electron chi connectivity index (χ0n) is 22.3. The van der Waals surface area contributed by atoms with Gasteiger partial charge in [-0.25, -0.2) is 19.3 Å². The molecule has 1 aliphatic rings. The van der Waals surface area contributed by atoms with E-state index in [1.807, 2.05) is 0 Å². The highest BCUT2D eigenvalue weighted by Crippen LogP contribution is 2.36. The first kappa shape index (κ1) is 33.5. The quantitative estimate of drug-likeness (QED) is 0.150. The molecule has 4 N–H and O–H groups in total. The number of hydrogen-bond donors (Lipinski definition) is 4. The second kappa shape index (κ2) is 14.5. The van der Waals surface area contributed by atoms with Crippen LogP contribution in [0.5, 0.6) is 0 Å². The SMILES string of the molecule is O=C(NCCCNC1CCCCC1)c1cnn(-c2nc(-c3cccc(C(F)(F)F)c3)cs2)c1C(F)(F)F.O=C(O)C(=O)O. The zero-order valence-corrected chi connectivity index (χ0v) is 23.2. The predicted molar refractivity (Wildman–Crippen MR) is 142 cm³/mol. The molecule has 0 unspecified atom stereocenters. The summed E-state index contributed by atoms with van der Waals surface area (Å²) in [6.07, 6.45) is -2.31. The molecule has 1 fully saturated rings. The van der Waals surface area contributed by atoms with Gasteiger partial charge in [-0.1, -0.05) is 31.4 Å². The molecule has 10 nitrogen and oxygen atoms in total. The van der Waals surface area contributed by atoms with Crippen LogP contribution >= 0.6 is 11.3 Å². The van der Waals surface area contributed by atoms with Crippen LogP contribution in [0.4, 0.5) is 26.3 Å². The maximum atomic E-state index is 14.0. The molecule has 2 aromatic heterocycles. The number of hydrogen-bond acceptors (Lipinski definition) is 7. The minimum atomic E-state index is -4.92. The van der Waals surface area contributed by atoms with Gasteiger partial charge in [0.25, 0.3) is 5.91 Å². The van der Waals surface area contributed by atoms with Gasteiger partial charge in [-0.15, -0.1) is 11.3 Å². The minimum absolute atomic E-state index is 0.0613. The van der Waals surface area contributed by atoms with Crippen molar-refractivity contribution in [3.05, 3.63) is 52.7 Å². The van der Waals surface area contributed by atoms with Crippen LogP contribution in [-0.4, -0.2) is 62.0 Å². The first-order chi connectivity index (χ1) is 20.2. The van der Waals surface area contributed by atoms with Crippen LogP contribution in [0.3, 0.4) is 0 Å². The molecule has 0 bridgehead atoms. The number of nitrogens with zero attached hydrogens (tertiary/aromatic N) is 3. The number of aliphatic carboxylic acids is 2. The van der Waals surface area contributed by atoms with Crippen molar-refractivity contribution < 1.29 is 50.9 Å². The summed E-state index contributed by atoms with van der Waals surface area (Å²) < 4.78 is 81.5. The molecule has 0 atom stereocenters. The summed E-state index contributed by atoms with van der Waals surface area (Å²) in [5.41, 5.74) is -2.69. The van der Waals surface area contributed by atoms with Gasteiger partial charge in [0, 0.05) is 23.5 Å². The number of carboxylic acids is 2. The lowest BCUT2D eigenvalue weighted by Gasteiger charge is -2.22. The predicted octanol–water partition coefficient (Wildman–Crippen LogP) is 5.23. The van der Waals surface area contributed by atoms with Crippen LogP contribution in [0, 0.1) is 0 Å². The Morgan fingerprint density at radius 2 is 1.65 bits per heavy atom. The number of benzene rings is 1. The van der Waals surface area contributed by atoms with Crippen molar-refractivity contribution in [1.29, 1.82) is 0 Å². The van der Waals surface area contributed by atoms with Gasteiger partial charge in [0.15, 0.2) is 5.69 Å². The van der Waals surface area contributed by atoms with Gasteiger partial charge in [0.05, 0.1) is 23.0 Å². The summed E-state index contributed by atoms with van der Waals surface area (Å²) in [7, 11) is 0. The molecule has 3 aromatic rings. The number of thiazole rings is 1. The van der Waals surface area contributed by atoms with E-state index in [1.165, 1.54) is 36.8 Å². The number of rotatable bonds is 8. The maximum absolute atomic E-state index is 14.0. The molecule has 234 valence electrons. The number of aromatic nitrogens is 3. The largest absolute Gasteiger partial charge is 0.473 e. The van der Waals surface area contributed by atoms with Crippen LogP contribution in [-0.2, 0) is 21.9 Å². The number of carboxylic acid groups (broad SMARTS) is 2. The van der Waals surface area contributed by atoms with Gasteiger partial charge in [0.1, 0.15) is 0 Å². The van der Waals surface area contributed by atoms with E-state index in [4.69, 9.17) is 19.8 Å². The fourth-order valence-electron chi connectivity index (χ4n) is 4.28. The van der Waals surface area contributed by atoms with Crippen molar-refractivity contribution in [3.63, 3.8) is 0 Å². The van der Waals surface area contributed by atoms with Crippen LogP contribution in [0.2, 0.25) is 0 Å². The number of carbonyl (C=O) groups excluding carboxylic acids is 1. The maximum Gasteiger partial charge on any atom is 0.434 e. The molecule has 17 heteroatoms. The second-order valence-corrected chi connectivity index (χ2v) is 10.3. The fraction of sp³-hybridized carbons (Fsp3) is 0.423. The second-order valence-electron chi connectivity index (χ2n) is 9.42. The molecule has 0 radical (unpaired) electrons. The third kappa shape index (κ3) is 9.51. The molecular formula is C26H27F6N5O5S. The summed E-state index contributed by atoms with van der Waals surface area (Å²) in [5.74, 6) is -4.56. The van der Waals surface area contributed by atoms with Crippen molar-refractivity contribution in [1.82, 2.24) is 25.4 Å². The molecule has 43 heavy (non-hydrogen) atoms. The first-order valence-corrected chi connectivity index (χ1v) is 13.8. The monoisotopic (exact) mass is 635 g/mol. The number of halogens is 6. The molecule has 1 saturated carbocycles. The van der Waals surface area contributed by atoms with E-state index in [0.29, 0.717) is 23.7 Å². The van der Waals surface area contributed by atoms with Crippen LogP contribution in [0.1, 0.15) is 60.1 Å². The lowest BCUT2D eigenvalue weighted by Crippen LogP contribution is -2.34. The van der Waals surface area contributed by atoms with E-state index in [-0.39, 0.29) is 22.9 Å². The molecule has 4 rings (SSSR count). The molecule has 0 saturated heterocycles. The summed E-state index contributed by atoms with van der Waals surface area (Å²) in [6.45, 7) is 0.839. The van der Waals surface area contributed by atoms with Crippen molar-refractivity contribution in [2.24, 2.45) is 0 Å². The van der Waals surface area contributed by atoms with Gasteiger partial charge < -0.3 is 20.8 Å². The Bertz CT molecular complexity index is 1400. The number of nitrogens with one attached hydrogen (secondary N) is 2. The normalized spacial score (nSPS) is 14.1. The highest BCUT2D eigenvalue weighted by Gasteiger charge is 2.41. The molecule has 1 amide bonds. The van der Waals surface area contributed by atoms with Gasteiger partial charge >= 0.3 is 24.3 Å². The Kier molecular flexibility index (Phi) is 11.3. The fourth-order valence-corrected chi connectivity index (χ4v) is 5.07. The van der Waals surface area contributed by atoms with Gasteiger partial charge in [0.2, 0.25) is 5.13 Å². The van der Waals surface area contributed by atoms with E-state index in [0.717, 1.165) is 42.5 Å². The Morgan fingerprint density at radius 1 is 0.977 bits per heavy atom. The third-order valence-corrected chi connectivity index (χ3v) is 7.12. The standard InChI is InChI=1S/C24H25F6N5OS.C2H2O4/c25-23(26,27)16-7-4-6-15(12-16)19-14-37-22(34-19)35-20(24(28,29)30)18(13-33-35)21(36)32-11-5-10-31-17-8-2-1-3-9-17;3-1(4)2(5)6/h4,6-7,12-14,17,31H,1-3,5,8-11H2,(H,32,36);(H,3,4)(H,5,6). The van der Waals surface area contributed by atoms with E-state index >= 15 is 0 Å². The summed E-state index contributed by atoms with van der Waals surface area (Å²) in [6, 6.07) is 4.78. The average Bonchev–Trinajstić information content (AvgIpc) is 3.61. The summed E-state index contributed by atoms with van der Waals surface area (Å²) >= 11 is 0.772. The first-order valence-electron chi connectivity index (χ1n) is 12.9. The van der Waals surface area contributed by atoms with Crippen LogP contribution in [0.15, 0.2) is 35.8 Å². The van der Waals surface area contributed by atoms with Crippen LogP contribution in [0.25, 0.3) is 16.4 Å². The van der Waals surface area contributed by atoms with Gasteiger partial charge in [-0.2, -0.15) is 31.4 Å². The topological polar surface area (TPSA) is 146 Å². The van der Waals surface area contributed by atoms with Crippen molar-refractivity contribution in [2.75, 3.05) is 13.1 Å². The lowest BCUT2D eigenvalue weighted by atomic mass is 9.95. The molecular weight excluding hydrogens is 608 g/mol. The number of amides is 1. The molecule has 2 heterocycles. The average molecular weight is 636 g/mol. The number of alkyl halides is 6. The number of carbonyl (C=O) groups is 3. The molecule has 1 aliphatic carbocycles. The van der Waals surface area contributed by atoms with Gasteiger partial charge in [-0.05, 0) is 37.9 Å². The molecule has 0 spiro atoms. The van der Waals surface area contributed by atoms with E-state index in [9.17, 15) is 31.1 Å². The highest BCUT2D eigenvalue weighted by molar-refractivity contribution is 7.12. The smallest absolute Gasteiger partial charge is 0.434 e. The van der Waals surface area contributed by atoms with Crippen molar-refractivity contribution >= 4 is 29.2 Å². The van der Waals surface area contributed by atoms with Crippen LogP contribution < -0.4 is 10.6 Å². The van der Waals surface area contributed by atoms with Crippen molar-refractivity contribution in [3.8, 4) is 16.4 Å². The van der Waals surface area contributed by atoms with Gasteiger partial charge in [-0.3, -0.25) is 4.79 Å². The molecule has 0 aliphatic heterocycles. The summed E-state index contributed by atoms with van der Waals surface area (Å²) in [5, 5.41) is 25.5. The summed E-state index contributed by atoms with van der Waals surface area (Å²) in [4.78, 5) is 34.8. The Labute approximate surface area is 244 Å². The van der Waals surface area contributed by atoms with Crippen molar-refractivity contribution in [2.45, 2.75) is 56.9 Å². The molecule has 1 aromatic carbocycles. The Morgan fingerprint density at radius 3 is 2.26 bits per heavy atom. The Hall–Kier alpha value is -3.99. The minimum Gasteiger partial charge on any atom is -0.473 e. The van der Waals surface area contributed by atoms with E-state index in [1.54, 1.807) is 0 Å². The lowest BCUT2D eigenvalue weighted by molar-refractivity contribution is -0.159. The van der Waals surface area contributed by atoms with E-state index < -0.39 is 47.0 Å². The zero-order chi connectivity index (χ0) is 31.8.